The molecule has 0 unspecified atom stereocenters. The minimum atomic E-state index is -2.95. The fourth-order valence-electron chi connectivity index (χ4n) is 3.14. The molecule has 0 saturated carbocycles. The number of carbonyl (C=O) groups excluding carboxylic acids is 1. The minimum Gasteiger partial charge on any atom is -0.294 e. The molecule has 0 aromatic carbocycles. The number of aromatic nitrogens is 3. The average Bonchev–Trinajstić information content (AvgIpc) is 2.73. The van der Waals surface area contributed by atoms with Crippen LogP contribution in [0.25, 0.3) is 11.0 Å². The first kappa shape index (κ1) is 16.6. The summed E-state index contributed by atoms with van der Waals surface area (Å²) in [6.45, 7) is 5.86. The summed E-state index contributed by atoms with van der Waals surface area (Å²) in [6, 6.07) is 1.93. The molecule has 1 fully saturated rings. The highest BCUT2D eigenvalue weighted by Gasteiger charge is 2.45. The van der Waals surface area contributed by atoms with Crippen LogP contribution in [-0.2, 0) is 9.84 Å². The van der Waals surface area contributed by atoms with Crippen molar-refractivity contribution in [2.75, 3.05) is 11.5 Å². The van der Waals surface area contributed by atoms with E-state index in [4.69, 9.17) is 0 Å². The fourth-order valence-corrected chi connectivity index (χ4v) is 5.86. The standard InChI is InChI=1S/C15H18BrN3O3S/c1-9(2)19-11-4-10(6-17-13(11)14(16)18-19)12(20)5-15(3)7-23(21,22)8-15/h4,6,9H,5,7-8H2,1-3H3. The van der Waals surface area contributed by atoms with Crippen LogP contribution in [0.4, 0.5) is 0 Å². The zero-order valence-electron chi connectivity index (χ0n) is 13.2. The average molecular weight is 400 g/mol. The molecule has 0 atom stereocenters. The maximum atomic E-state index is 12.5. The van der Waals surface area contributed by atoms with Crippen LogP contribution < -0.4 is 0 Å². The van der Waals surface area contributed by atoms with Crippen molar-refractivity contribution >= 4 is 42.6 Å². The minimum absolute atomic E-state index is 0.0792. The number of hydrogen-bond acceptors (Lipinski definition) is 5. The Bertz CT molecular complexity index is 890. The van der Waals surface area contributed by atoms with E-state index in [2.05, 4.69) is 26.0 Å². The summed E-state index contributed by atoms with van der Waals surface area (Å²) in [5.41, 5.74) is 1.55. The molecule has 2 aromatic rings. The van der Waals surface area contributed by atoms with Crippen molar-refractivity contribution in [1.29, 1.82) is 0 Å². The zero-order chi connectivity index (χ0) is 17.0. The van der Waals surface area contributed by atoms with Crippen LogP contribution in [0.5, 0.6) is 0 Å². The second kappa shape index (κ2) is 5.37. The van der Waals surface area contributed by atoms with Gasteiger partial charge in [0.1, 0.15) is 5.52 Å². The van der Waals surface area contributed by atoms with Gasteiger partial charge >= 0.3 is 0 Å². The van der Waals surface area contributed by atoms with Crippen LogP contribution in [0.3, 0.4) is 0 Å². The summed E-state index contributed by atoms with van der Waals surface area (Å²) in [6.07, 6.45) is 1.76. The molecule has 6 nitrogen and oxygen atoms in total. The normalized spacial score (nSPS) is 19.0. The first-order valence-corrected chi connectivity index (χ1v) is 9.99. The summed E-state index contributed by atoms with van der Waals surface area (Å²) in [7, 11) is -2.95. The quantitative estimate of drug-likeness (QED) is 0.738. The van der Waals surface area contributed by atoms with Gasteiger partial charge < -0.3 is 0 Å². The van der Waals surface area contributed by atoms with Crippen LogP contribution >= 0.6 is 15.9 Å². The van der Waals surface area contributed by atoms with Gasteiger partial charge in [0.25, 0.3) is 0 Å². The van der Waals surface area contributed by atoms with Crippen LogP contribution in [0, 0.1) is 5.41 Å². The van der Waals surface area contributed by atoms with Gasteiger partial charge in [-0.2, -0.15) is 5.10 Å². The van der Waals surface area contributed by atoms with Gasteiger partial charge in [0.05, 0.1) is 17.0 Å². The van der Waals surface area contributed by atoms with E-state index in [0.717, 1.165) is 5.52 Å². The lowest BCUT2D eigenvalue weighted by Gasteiger charge is -2.37. The SMILES string of the molecule is CC(C)n1nc(Br)c2ncc(C(=O)CC3(C)CS(=O)(=O)C3)cc21. The lowest BCUT2D eigenvalue weighted by atomic mass is 9.86. The molecule has 0 spiro atoms. The first-order valence-electron chi connectivity index (χ1n) is 7.38. The van der Waals surface area contributed by atoms with Crippen molar-refractivity contribution in [3.63, 3.8) is 0 Å². The number of fused-ring (bicyclic) bond motifs is 1. The third kappa shape index (κ3) is 3.06. The van der Waals surface area contributed by atoms with Crippen LogP contribution in [0.15, 0.2) is 16.9 Å². The molecule has 2 aromatic heterocycles. The highest BCUT2D eigenvalue weighted by Crippen LogP contribution is 2.37. The number of sulfone groups is 1. The predicted octanol–water partition coefficient (Wildman–Crippen LogP) is 2.78. The number of pyridine rings is 1. The van der Waals surface area contributed by atoms with E-state index < -0.39 is 15.3 Å². The molecule has 1 saturated heterocycles. The lowest BCUT2D eigenvalue weighted by molar-refractivity contribution is 0.0936. The number of rotatable bonds is 4. The van der Waals surface area contributed by atoms with Crippen molar-refractivity contribution < 1.29 is 13.2 Å². The molecule has 1 aliphatic heterocycles. The van der Waals surface area contributed by atoms with Gasteiger partial charge in [0, 0.05) is 29.6 Å². The summed E-state index contributed by atoms with van der Waals surface area (Å²) in [5.74, 6) is 0.0813. The van der Waals surface area contributed by atoms with Crippen molar-refractivity contribution in [2.45, 2.75) is 33.2 Å². The van der Waals surface area contributed by atoms with E-state index in [1.54, 1.807) is 6.07 Å². The summed E-state index contributed by atoms with van der Waals surface area (Å²) >= 11 is 3.38. The molecule has 8 heteroatoms. The topological polar surface area (TPSA) is 81.9 Å². The van der Waals surface area contributed by atoms with E-state index in [1.165, 1.54) is 6.20 Å². The first-order chi connectivity index (χ1) is 10.6. The molecule has 3 rings (SSSR count). The maximum Gasteiger partial charge on any atom is 0.165 e. The number of carbonyl (C=O) groups is 1. The third-order valence-electron chi connectivity index (χ3n) is 4.04. The fraction of sp³-hybridized carbons (Fsp3) is 0.533. The molecule has 0 amide bonds. The molecule has 0 bridgehead atoms. The molecule has 0 aliphatic carbocycles. The van der Waals surface area contributed by atoms with Gasteiger partial charge in [0.15, 0.2) is 20.2 Å². The van der Waals surface area contributed by atoms with Gasteiger partial charge in [-0.05, 0) is 35.8 Å². The zero-order valence-corrected chi connectivity index (χ0v) is 15.6. The molecule has 23 heavy (non-hydrogen) atoms. The molecular weight excluding hydrogens is 382 g/mol. The molecular formula is C15H18BrN3O3S. The van der Waals surface area contributed by atoms with Crippen LogP contribution in [0.1, 0.15) is 43.6 Å². The van der Waals surface area contributed by atoms with Gasteiger partial charge in [-0.25, -0.2) is 8.42 Å². The Kier molecular flexibility index (Phi) is 3.87. The highest BCUT2D eigenvalue weighted by atomic mass is 79.9. The second-order valence-electron chi connectivity index (χ2n) is 6.86. The Morgan fingerprint density at radius 1 is 1.43 bits per heavy atom. The van der Waals surface area contributed by atoms with E-state index >= 15 is 0 Å². The number of halogens is 1. The summed E-state index contributed by atoms with van der Waals surface area (Å²) in [5, 5.41) is 4.39. The van der Waals surface area contributed by atoms with Gasteiger partial charge in [-0.3, -0.25) is 14.5 Å². The lowest BCUT2D eigenvalue weighted by Crippen LogP contribution is -2.47. The largest absolute Gasteiger partial charge is 0.294 e. The highest BCUT2D eigenvalue weighted by molar-refractivity contribution is 9.10. The Labute approximate surface area is 143 Å². The van der Waals surface area contributed by atoms with E-state index in [-0.39, 0.29) is 29.8 Å². The number of ketones is 1. The molecule has 1 aliphatic rings. The number of nitrogens with zero attached hydrogens (tertiary/aromatic N) is 3. The predicted molar refractivity (Wildman–Crippen MR) is 91.3 cm³/mol. The Hall–Kier alpha value is -1.28. The van der Waals surface area contributed by atoms with E-state index in [9.17, 15) is 13.2 Å². The molecule has 124 valence electrons. The van der Waals surface area contributed by atoms with E-state index in [0.29, 0.717) is 15.7 Å². The van der Waals surface area contributed by atoms with Crippen molar-refractivity contribution in [2.24, 2.45) is 5.41 Å². The maximum absolute atomic E-state index is 12.5. The van der Waals surface area contributed by atoms with Crippen molar-refractivity contribution in [1.82, 2.24) is 14.8 Å². The Morgan fingerprint density at radius 2 is 2.09 bits per heavy atom. The van der Waals surface area contributed by atoms with Crippen LogP contribution in [0.2, 0.25) is 0 Å². The van der Waals surface area contributed by atoms with Crippen molar-refractivity contribution in [3.05, 3.63) is 22.4 Å². The van der Waals surface area contributed by atoms with Gasteiger partial charge in [-0.15, -0.1) is 0 Å². The number of Topliss-reactive ketones (excluding diaryl/α,β-unsaturated/α-hetero) is 1. The summed E-state index contributed by atoms with van der Waals surface area (Å²) in [4.78, 5) is 16.9. The molecule has 3 heterocycles. The molecule has 0 radical (unpaired) electrons. The number of hydrogen-bond donors (Lipinski definition) is 0. The van der Waals surface area contributed by atoms with Crippen molar-refractivity contribution in [3.8, 4) is 0 Å². The van der Waals surface area contributed by atoms with Crippen LogP contribution in [-0.4, -0.2) is 40.5 Å². The Morgan fingerprint density at radius 3 is 2.65 bits per heavy atom. The van der Waals surface area contributed by atoms with Gasteiger partial charge in [-0.1, -0.05) is 6.92 Å². The molecule has 0 N–H and O–H groups in total. The summed E-state index contributed by atoms with van der Waals surface area (Å²) < 4.78 is 25.2. The smallest absolute Gasteiger partial charge is 0.165 e. The second-order valence-corrected chi connectivity index (χ2v) is 9.68. The third-order valence-corrected chi connectivity index (χ3v) is 6.85. The van der Waals surface area contributed by atoms with E-state index in [1.807, 2.05) is 25.5 Å². The van der Waals surface area contributed by atoms with Gasteiger partial charge in [0.2, 0.25) is 0 Å². The monoisotopic (exact) mass is 399 g/mol. The Balaban J connectivity index is 1.91.